The van der Waals surface area contributed by atoms with Gasteiger partial charge in [-0.25, -0.2) is 0 Å². The summed E-state index contributed by atoms with van der Waals surface area (Å²) in [6.45, 7) is 8.40. The smallest absolute Gasteiger partial charge is 0.0926 e. The highest BCUT2D eigenvalue weighted by molar-refractivity contribution is 5.81. The van der Waals surface area contributed by atoms with Crippen LogP contribution in [-0.2, 0) is 7.05 Å². The molecule has 0 N–H and O–H groups in total. The molecule has 0 bridgehead atoms. The standard InChI is InChI=1S/C11H14N2.C2H6/c1-8(2)11-9-6-4-5-7-10(9)12-13(11)3;1-2/h4-8H,1-3H3;1-2H3. The van der Waals surface area contributed by atoms with Gasteiger partial charge in [-0.1, -0.05) is 45.9 Å². The zero-order valence-corrected chi connectivity index (χ0v) is 10.3. The first-order valence-electron chi connectivity index (χ1n) is 5.62. The molecule has 2 heteroatoms. The number of hydrogen-bond acceptors (Lipinski definition) is 1. The molecule has 0 aliphatic heterocycles. The lowest BCUT2D eigenvalue weighted by atomic mass is 10.1. The summed E-state index contributed by atoms with van der Waals surface area (Å²) in [6, 6.07) is 8.29. The summed E-state index contributed by atoms with van der Waals surface area (Å²) < 4.78 is 1.98. The molecule has 0 amide bonds. The minimum Gasteiger partial charge on any atom is -0.271 e. The molecule has 0 aliphatic carbocycles. The summed E-state index contributed by atoms with van der Waals surface area (Å²) in [5.74, 6) is 0.525. The summed E-state index contributed by atoms with van der Waals surface area (Å²) in [6.07, 6.45) is 0. The molecular formula is C13H20N2. The van der Waals surface area contributed by atoms with Gasteiger partial charge in [-0.2, -0.15) is 5.10 Å². The maximum atomic E-state index is 4.45. The molecule has 1 aromatic carbocycles. The Morgan fingerprint density at radius 1 is 1.13 bits per heavy atom. The monoisotopic (exact) mass is 204 g/mol. The molecule has 0 unspecified atom stereocenters. The van der Waals surface area contributed by atoms with Crippen molar-refractivity contribution in [2.75, 3.05) is 0 Å². The molecular weight excluding hydrogens is 184 g/mol. The van der Waals surface area contributed by atoms with Crippen molar-refractivity contribution in [1.29, 1.82) is 0 Å². The molecule has 2 aromatic rings. The molecule has 1 aromatic heterocycles. The van der Waals surface area contributed by atoms with Gasteiger partial charge in [0.15, 0.2) is 0 Å². The van der Waals surface area contributed by atoms with E-state index in [0.29, 0.717) is 5.92 Å². The van der Waals surface area contributed by atoms with Crippen molar-refractivity contribution in [2.24, 2.45) is 7.05 Å². The first-order valence-corrected chi connectivity index (χ1v) is 5.62. The Balaban J connectivity index is 0.000000531. The van der Waals surface area contributed by atoms with Crippen molar-refractivity contribution in [2.45, 2.75) is 33.6 Å². The first-order chi connectivity index (χ1) is 7.20. The van der Waals surface area contributed by atoms with E-state index in [-0.39, 0.29) is 0 Å². The quantitative estimate of drug-likeness (QED) is 0.692. The first kappa shape index (κ1) is 11.8. The van der Waals surface area contributed by atoms with Gasteiger partial charge >= 0.3 is 0 Å². The van der Waals surface area contributed by atoms with Crippen LogP contribution in [-0.4, -0.2) is 9.78 Å². The highest BCUT2D eigenvalue weighted by Gasteiger charge is 2.10. The molecule has 0 fully saturated rings. The van der Waals surface area contributed by atoms with Gasteiger partial charge in [0.05, 0.1) is 5.52 Å². The summed E-state index contributed by atoms with van der Waals surface area (Å²) in [5.41, 5.74) is 2.41. The number of benzene rings is 1. The summed E-state index contributed by atoms with van der Waals surface area (Å²) >= 11 is 0. The van der Waals surface area contributed by atoms with Crippen molar-refractivity contribution < 1.29 is 0 Å². The van der Waals surface area contributed by atoms with Crippen LogP contribution in [0.25, 0.3) is 10.9 Å². The number of hydrogen-bond donors (Lipinski definition) is 0. The van der Waals surface area contributed by atoms with Crippen LogP contribution < -0.4 is 0 Å². The number of aryl methyl sites for hydroxylation is 1. The second kappa shape index (κ2) is 4.96. The van der Waals surface area contributed by atoms with Gasteiger partial charge in [0, 0.05) is 18.1 Å². The minimum absolute atomic E-state index is 0.525. The van der Waals surface area contributed by atoms with Gasteiger partial charge in [-0.15, -0.1) is 0 Å². The lowest BCUT2D eigenvalue weighted by molar-refractivity contribution is 0.677. The van der Waals surface area contributed by atoms with Gasteiger partial charge in [0.1, 0.15) is 0 Å². The second-order valence-corrected chi connectivity index (χ2v) is 3.68. The molecule has 1 heterocycles. The molecule has 82 valence electrons. The second-order valence-electron chi connectivity index (χ2n) is 3.68. The van der Waals surface area contributed by atoms with Gasteiger partial charge in [-0.3, -0.25) is 4.68 Å². The van der Waals surface area contributed by atoms with Crippen LogP contribution in [0.2, 0.25) is 0 Å². The molecule has 2 nitrogen and oxygen atoms in total. The van der Waals surface area contributed by atoms with Crippen molar-refractivity contribution in [3.63, 3.8) is 0 Å². The van der Waals surface area contributed by atoms with Crippen LogP contribution in [0.15, 0.2) is 24.3 Å². The van der Waals surface area contributed by atoms with Gasteiger partial charge in [0.2, 0.25) is 0 Å². The number of rotatable bonds is 1. The zero-order chi connectivity index (χ0) is 11.4. The van der Waals surface area contributed by atoms with E-state index in [1.807, 2.05) is 31.6 Å². The highest BCUT2D eigenvalue weighted by atomic mass is 15.3. The Kier molecular flexibility index (Phi) is 3.89. The van der Waals surface area contributed by atoms with E-state index in [9.17, 15) is 0 Å². The van der Waals surface area contributed by atoms with Crippen LogP contribution in [0.5, 0.6) is 0 Å². The number of aromatic nitrogens is 2. The van der Waals surface area contributed by atoms with Crippen LogP contribution in [0, 0.1) is 0 Å². The summed E-state index contributed by atoms with van der Waals surface area (Å²) in [5, 5.41) is 5.73. The van der Waals surface area contributed by atoms with E-state index in [1.165, 1.54) is 11.1 Å². The third-order valence-corrected chi connectivity index (χ3v) is 2.33. The van der Waals surface area contributed by atoms with Gasteiger partial charge < -0.3 is 0 Å². The van der Waals surface area contributed by atoms with Crippen LogP contribution in [0.3, 0.4) is 0 Å². The van der Waals surface area contributed by atoms with Crippen molar-refractivity contribution in [1.82, 2.24) is 9.78 Å². The highest BCUT2D eigenvalue weighted by Crippen LogP contribution is 2.23. The fraction of sp³-hybridized carbons (Fsp3) is 0.462. The predicted octanol–water partition coefficient (Wildman–Crippen LogP) is 3.72. The van der Waals surface area contributed by atoms with Crippen LogP contribution >= 0.6 is 0 Å². The largest absolute Gasteiger partial charge is 0.271 e. The van der Waals surface area contributed by atoms with E-state index < -0.39 is 0 Å². The Labute approximate surface area is 91.9 Å². The predicted molar refractivity (Wildman–Crippen MR) is 66.2 cm³/mol. The summed E-state index contributed by atoms with van der Waals surface area (Å²) in [7, 11) is 2.01. The van der Waals surface area contributed by atoms with E-state index in [1.54, 1.807) is 0 Å². The summed E-state index contributed by atoms with van der Waals surface area (Å²) in [4.78, 5) is 0. The van der Waals surface area contributed by atoms with Crippen molar-refractivity contribution in [3.05, 3.63) is 30.0 Å². The average molecular weight is 204 g/mol. The Morgan fingerprint density at radius 3 is 2.33 bits per heavy atom. The molecule has 0 spiro atoms. The van der Waals surface area contributed by atoms with Crippen molar-refractivity contribution >= 4 is 10.9 Å². The third kappa shape index (κ3) is 2.20. The average Bonchev–Trinajstić information content (AvgIpc) is 2.56. The Bertz CT molecular complexity index is 427. The molecule has 0 radical (unpaired) electrons. The van der Waals surface area contributed by atoms with E-state index in [2.05, 4.69) is 37.1 Å². The van der Waals surface area contributed by atoms with Gasteiger partial charge in [-0.05, 0) is 12.0 Å². The minimum atomic E-state index is 0.525. The third-order valence-electron chi connectivity index (χ3n) is 2.33. The fourth-order valence-electron chi connectivity index (χ4n) is 1.85. The van der Waals surface area contributed by atoms with E-state index in [4.69, 9.17) is 0 Å². The number of fused-ring (bicyclic) bond motifs is 1. The topological polar surface area (TPSA) is 17.8 Å². The molecule has 0 atom stereocenters. The lowest BCUT2D eigenvalue weighted by Gasteiger charge is -2.05. The number of nitrogens with zero attached hydrogens (tertiary/aromatic N) is 2. The van der Waals surface area contributed by atoms with Gasteiger partial charge in [0.25, 0.3) is 0 Å². The molecule has 15 heavy (non-hydrogen) atoms. The molecule has 0 saturated heterocycles. The molecule has 0 aliphatic rings. The fourth-order valence-corrected chi connectivity index (χ4v) is 1.85. The normalized spacial score (nSPS) is 10.3. The molecule has 2 rings (SSSR count). The van der Waals surface area contributed by atoms with E-state index in [0.717, 1.165) is 5.52 Å². The van der Waals surface area contributed by atoms with E-state index >= 15 is 0 Å². The van der Waals surface area contributed by atoms with Crippen LogP contribution in [0.4, 0.5) is 0 Å². The SMILES string of the molecule is CC.CC(C)c1c2ccccc2nn1C. The Morgan fingerprint density at radius 2 is 1.73 bits per heavy atom. The molecule has 0 saturated carbocycles. The zero-order valence-electron chi connectivity index (χ0n) is 10.3. The maximum absolute atomic E-state index is 4.45. The maximum Gasteiger partial charge on any atom is 0.0926 e. The Hall–Kier alpha value is -1.31. The van der Waals surface area contributed by atoms with Crippen LogP contribution in [0.1, 0.15) is 39.3 Å². The lowest BCUT2D eigenvalue weighted by Crippen LogP contribution is -1.99. The van der Waals surface area contributed by atoms with Crippen molar-refractivity contribution in [3.8, 4) is 0 Å².